The molecule has 1 unspecified atom stereocenters. The lowest BCUT2D eigenvalue weighted by atomic mass is 9.78. The van der Waals surface area contributed by atoms with Gasteiger partial charge in [-0.05, 0) is 133 Å². The van der Waals surface area contributed by atoms with Crippen LogP contribution in [0.1, 0.15) is 152 Å². The molecule has 1 aliphatic carbocycles. The number of allylic oxidation sites excluding steroid dienone is 5. The molecule has 0 spiro atoms. The van der Waals surface area contributed by atoms with Crippen molar-refractivity contribution in [3.05, 3.63) is 48.1 Å². The monoisotopic (exact) mass is 1000 g/mol. The minimum atomic E-state index is -2.46. The van der Waals surface area contributed by atoms with Crippen molar-refractivity contribution in [2.75, 3.05) is 34.0 Å². The second-order valence-electron chi connectivity index (χ2n) is 21.0. The number of likely N-dealkylation sites (tertiary alicyclic amines) is 1. The van der Waals surface area contributed by atoms with Crippen molar-refractivity contribution in [3.63, 3.8) is 0 Å². The highest BCUT2D eigenvalue weighted by Gasteiger charge is 2.53. The molecule has 15 atom stereocenters. The quantitative estimate of drug-likeness (QED) is 0.0182. The van der Waals surface area contributed by atoms with Gasteiger partial charge in [-0.25, -0.2) is 4.79 Å². The van der Waals surface area contributed by atoms with Crippen LogP contribution < -0.4 is 0 Å². The van der Waals surface area contributed by atoms with Gasteiger partial charge in [0.15, 0.2) is 5.78 Å². The summed E-state index contributed by atoms with van der Waals surface area (Å²) in [6.07, 6.45) is 11.2. The maximum atomic E-state index is 14.5. The van der Waals surface area contributed by atoms with Gasteiger partial charge in [0.25, 0.3) is 11.7 Å². The van der Waals surface area contributed by atoms with Gasteiger partial charge < -0.3 is 49.0 Å². The fourth-order valence-electron chi connectivity index (χ4n) is 10.6. The smallest absolute Gasteiger partial charge is 0.329 e. The molecule has 1 saturated carbocycles. The Morgan fingerprint density at radius 1 is 0.944 bits per heavy atom. The van der Waals surface area contributed by atoms with Crippen LogP contribution in [0.4, 0.5) is 0 Å². The molecule has 3 fully saturated rings. The number of hydrogen-bond donors (Lipinski definition) is 4. The number of Topliss-reactive ketones (excluding diaryl/α,β-unsaturated/α-hetero) is 3. The van der Waals surface area contributed by atoms with E-state index in [0.717, 1.165) is 18.4 Å². The number of aliphatic hydroxyl groups excluding tert-OH is 3. The van der Waals surface area contributed by atoms with E-state index in [1.54, 1.807) is 40.0 Å². The van der Waals surface area contributed by atoms with Gasteiger partial charge in [0.2, 0.25) is 5.79 Å². The molecule has 404 valence electrons. The zero-order chi connectivity index (χ0) is 53.0. The third-order valence-electron chi connectivity index (χ3n) is 15.2. The fraction of sp³-hybridized carbons (Fsp3) is 0.768. The van der Waals surface area contributed by atoms with Gasteiger partial charge in [-0.2, -0.15) is 0 Å². The van der Waals surface area contributed by atoms with Crippen LogP contribution in [0.15, 0.2) is 48.1 Å². The summed E-state index contributed by atoms with van der Waals surface area (Å²) in [4.78, 5) is 71.9. The second-order valence-corrected chi connectivity index (χ2v) is 21.0. The highest BCUT2D eigenvalue weighted by molar-refractivity contribution is 6.39. The summed E-state index contributed by atoms with van der Waals surface area (Å²) in [5, 5.41) is 43.1. The van der Waals surface area contributed by atoms with Crippen molar-refractivity contribution >= 4 is 29.2 Å². The van der Waals surface area contributed by atoms with Gasteiger partial charge in [0.1, 0.15) is 30.1 Å². The van der Waals surface area contributed by atoms with Crippen molar-refractivity contribution < 1.29 is 68.1 Å². The van der Waals surface area contributed by atoms with Gasteiger partial charge in [-0.1, -0.05) is 71.6 Å². The molecule has 2 saturated heterocycles. The second kappa shape index (κ2) is 30.7. The molecule has 0 aromatic carbocycles. The Labute approximate surface area is 424 Å². The first kappa shape index (κ1) is 61.9. The molecular formula is C56H91NO14. The van der Waals surface area contributed by atoms with Crippen molar-refractivity contribution in [1.82, 2.24) is 4.90 Å². The van der Waals surface area contributed by atoms with Crippen LogP contribution in [0, 0.1) is 35.5 Å². The molecule has 0 bridgehead atoms. The number of carbonyl (C=O) groups excluding carboxylic acids is 5. The number of carbonyl (C=O) groups is 5. The number of rotatable bonds is 30. The highest BCUT2D eigenvalue weighted by atomic mass is 16.6. The first-order valence-electron chi connectivity index (χ1n) is 26.4. The van der Waals surface area contributed by atoms with Gasteiger partial charge in [-0.15, -0.1) is 0 Å². The number of esters is 1. The third kappa shape index (κ3) is 18.2. The highest BCUT2D eigenvalue weighted by Crippen LogP contribution is 2.38. The van der Waals surface area contributed by atoms with Gasteiger partial charge in [-0.3, -0.25) is 19.2 Å². The lowest BCUT2D eigenvalue weighted by Crippen LogP contribution is -2.61. The number of hydrogen-bond acceptors (Lipinski definition) is 14. The normalized spacial score (nSPS) is 28.0. The molecule has 2 heterocycles. The Morgan fingerprint density at radius 3 is 2.31 bits per heavy atom. The first-order chi connectivity index (χ1) is 33.7. The average molecular weight is 1000 g/mol. The summed E-state index contributed by atoms with van der Waals surface area (Å²) in [5.74, 6) is -7.91. The summed E-state index contributed by atoms with van der Waals surface area (Å²) >= 11 is 0. The lowest BCUT2D eigenvalue weighted by molar-refractivity contribution is -0.266. The molecule has 0 radical (unpaired) electrons. The molecular weight excluding hydrogens is 911 g/mol. The number of amides is 1. The zero-order valence-electron chi connectivity index (χ0n) is 44.7. The number of ketones is 3. The third-order valence-corrected chi connectivity index (χ3v) is 15.2. The van der Waals surface area contributed by atoms with Crippen LogP contribution in [-0.2, 0) is 47.7 Å². The summed E-state index contributed by atoms with van der Waals surface area (Å²) in [7, 11) is 2.94. The van der Waals surface area contributed by atoms with Crippen LogP contribution in [0.25, 0.3) is 0 Å². The van der Waals surface area contributed by atoms with E-state index in [9.17, 15) is 44.4 Å². The van der Waals surface area contributed by atoms with E-state index in [1.165, 1.54) is 12.0 Å². The predicted octanol–water partition coefficient (Wildman–Crippen LogP) is 7.35. The number of unbranched alkanes of at least 4 members (excludes halogenated alkanes) is 2. The van der Waals surface area contributed by atoms with Crippen LogP contribution in [0.3, 0.4) is 0 Å². The molecule has 2 aliphatic heterocycles. The number of ether oxygens (including phenoxy) is 5. The van der Waals surface area contributed by atoms with Gasteiger partial charge in [0, 0.05) is 64.6 Å². The molecule has 1 amide bonds. The van der Waals surface area contributed by atoms with E-state index in [1.807, 2.05) is 52.8 Å². The Hall–Kier alpha value is -3.41. The summed E-state index contributed by atoms with van der Waals surface area (Å²) in [6.45, 7) is 19.0. The molecule has 0 aromatic heterocycles. The maximum Gasteiger partial charge on any atom is 0.329 e. The summed E-state index contributed by atoms with van der Waals surface area (Å²) in [5.41, 5.74) is 1.27. The summed E-state index contributed by atoms with van der Waals surface area (Å²) in [6, 6.07) is -1.16. The Balaban J connectivity index is 1.85. The number of methoxy groups -OCH3 is 2. The van der Waals surface area contributed by atoms with Crippen LogP contribution in [0.5, 0.6) is 0 Å². The molecule has 3 rings (SSSR count). The maximum absolute atomic E-state index is 14.5. The standard InChI is InChI=1S/C56H91NO14/c1-12-19-35(3)29-39(7)50(61)52(68-11)51(62)40(8)30-37(5)46(60)34-48(38(6)31-42-23-25-45(59)49(32-42)67-10)70-55(65)44-21-15-16-26-57(44)54(64)53(63)56(66)41(9)22-24-43(71-56)33-47(36(4)20-13-2)69-28-18-14-17-27-58/h12-13,19-20,30,35,37-39,41-45,47-49,51-52,58-59,62,66H,2,14-18,21-29,31-34H2,1,3-11H3/b19-12+,36-20+,40-30+/t35-,37-,38-,39-,41-,42+,43+,44+,45-,47?,48+,49-,51-,52+,56-/m1/s1. The van der Waals surface area contributed by atoms with Gasteiger partial charge in [0.05, 0.1) is 24.4 Å². The van der Waals surface area contributed by atoms with Crippen molar-refractivity contribution in [2.24, 2.45) is 35.5 Å². The Kier molecular flexibility index (Phi) is 26.8. The van der Waals surface area contributed by atoms with Gasteiger partial charge >= 0.3 is 5.97 Å². The number of nitrogens with zero attached hydrogens (tertiary/aromatic N) is 1. The minimum Gasteiger partial charge on any atom is -0.460 e. The number of aliphatic hydroxyl groups is 4. The molecule has 4 N–H and O–H groups in total. The van der Waals surface area contributed by atoms with E-state index in [2.05, 4.69) is 6.58 Å². The average Bonchev–Trinajstić information content (AvgIpc) is 3.34. The van der Waals surface area contributed by atoms with E-state index in [0.29, 0.717) is 82.8 Å². The SMILES string of the molecule is C=C/C=C(\C)C(C[C@@H]1CC[C@@H](C)[C@](O)(C(=O)C(=O)N2CCCC[C@H]2C(=O)O[C@@H](CC(=O)[C@H](C)/C=C(\C)[C@@H](O)[C@@H](OC)C(=O)[C@H](C)C[C@H](C)/C=C/C)[C@H](C)C[C@@H]2CC[C@@H](O)[C@H](OC)C2)O1)OCCCCCO. The van der Waals surface area contributed by atoms with Crippen LogP contribution >= 0.6 is 0 Å². The summed E-state index contributed by atoms with van der Waals surface area (Å²) < 4.78 is 29.8. The van der Waals surface area contributed by atoms with Crippen LogP contribution in [-0.4, -0.2) is 143 Å². The van der Waals surface area contributed by atoms with Crippen molar-refractivity contribution in [3.8, 4) is 0 Å². The van der Waals surface area contributed by atoms with Crippen LogP contribution in [0.2, 0.25) is 0 Å². The lowest BCUT2D eigenvalue weighted by Gasteiger charge is -2.43. The fourth-order valence-corrected chi connectivity index (χ4v) is 10.6. The van der Waals surface area contributed by atoms with E-state index < -0.39 is 77.9 Å². The largest absolute Gasteiger partial charge is 0.460 e. The van der Waals surface area contributed by atoms with E-state index >= 15 is 0 Å². The van der Waals surface area contributed by atoms with Crippen molar-refractivity contribution in [1.29, 1.82) is 0 Å². The molecule has 3 aliphatic rings. The topological polar surface area (TPSA) is 216 Å². The molecule has 71 heavy (non-hydrogen) atoms. The van der Waals surface area contributed by atoms with E-state index in [4.69, 9.17) is 23.7 Å². The molecule has 15 heteroatoms. The van der Waals surface area contributed by atoms with E-state index in [-0.39, 0.29) is 67.3 Å². The molecule has 0 aromatic rings. The Bertz CT molecular complexity index is 1810. The van der Waals surface area contributed by atoms with Crippen molar-refractivity contribution in [2.45, 2.75) is 206 Å². The zero-order valence-corrected chi connectivity index (χ0v) is 44.7. The predicted molar refractivity (Wildman–Crippen MR) is 272 cm³/mol. The Morgan fingerprint density at radius 2 is 1.66 bits per heavy atom. The minimum absolute atomic E-state index is 0.0694. The first-order valence-corrected chi connectivity index (χ1v) is 26.4. The number of piperidine rings is 1. The molecule has 15 nitrogen and oxygen atoms in total.